The molecule has 1 fully saturated rings. The molecule has 1 saturated heterocycles. The Balaban J connectivity index is 2.05. The SMILES string of the molecule is O=C(O)c1cc(NC(=O)N2CCC(CO)C2)ccc1F. The number of hydrogen-bond acceptors (Lipinski definition) is 3. The third-order valence-corrected chi connectivity index (χ3v) is 3.28. The summed E-state index contributed by atoms with van der Waals surface area (Å²) in [6.07, 6.45) is 0.730. The van der Waals surface area contributed by atoms with Gasteiger partial charge in [0, 0.05) is 31.3 Å². The van der Waals surface area contributed by atoms with E-state index in [-0.39, 0.29) is 24.2 Å². The maximum Gasteiger partial charge on any atom is 0.338 e. The molecule has 0 saturated carbocycles. The van der Waals surface area contributed by atoms with E-state index in [1.807, 2.05) is 0 Å². The van der Waals surface area contributed by atoms with Gasteiger partial charge in [-0.3, -0.25) is 0 Å². The van der Waals surface area contributed by atoms with Crippen molar-refractivity contribution < 1.29 is 24.2 Å². The van der Waals surface area contributed by atoms with Crippen LogP contribution in [-0.4, -0.2) is 46.8 Å². The Morgan fingerprint density at radius 2 is 2.20 bits per heavy atom. The number of anilines is 1. The molecular formula is C13H15FN2O4. The number of amides is 2. The van der Waals surface area contributed by atoms with Gasteiger partial charge >= 0.3 is 12.0 Å². The van der Waals surface area contributed by atoms with Crippen LogP contribution in [0, 0.1) is 11.7 Å². The number of aliphatic hydroxyl groups is 1. The lowest BCUT2D eigenvalue weighted by atomic mass is 10.1. The second kappa shape index (κ2) is 5.87. The van der Waals surface area contributed by atoms with E-state index < -0.39 is 17.3 Å². The first kappa shape index (κ1) is 14.3. The number of carboxylic acids is 1. The molecule has 0 aromatic heterocycles. The molecule has 108 valence electrons. The van der Waals surface area contributed by atoms with Crippen LogP contribution in [0.2, 0.25) is 0 Å². The summed E-state index contributed by atoms with van der Waals surface area (Å²) < 4.78 is 13.2. The maximum absolute atomic E-state index is 13.2. The second-order valence-electron chi connectivity index (χ2n) is 4.71. The minimum Gasteiger partial charge on any atom is -0.478 e. The van der Waals surface area contributed by atoms with E-state index in [0.717, 1.165) is 18.6 Å². The van der Waals surface area contributed by atoms with Crippen molar-refractivity contribution in [1.82, 2.24) is 4.90 Å². The van der Waals surface area contributed by atoms with Crippen LogP contribution in [0.1, 0.15) is 16.8 Å². The van der Waals surface area contributed by atoms with Crippen molar-refractivity contribution >= 4 is 17.7 Å². The normalized spacial score (nSPS) is 18.1. The van der Waals surface area contributed by atoms with Gasteiger partial charge in [-0.2, -0.15) is 0 Å². The molecule has 0 radical (unpaired) electrons. The summed E-state index contributed by atoms with van der Waals surface area (Å²) in [5, 5.41) is 20.4. The van der Waals surface area contributed by atoms with Crippen molar-refractivity contribution in [3.05, 3.63) is 29.6 Å². The van der Waals surface area contributed by atoms with Crippen LogP contribution in [0.3, 0.4) is 0 Å². The number of carbonyl (C=O) groups is 2. The third-order valence-electron chi connectivity index (χ3n) is 3.28. The number of nitrogens with one attached hydrogen (secondary N) is 1. The van der Waals surface area contributed by atoms with Gasteiger partial charge in [0.15, 0.2) is 0 Å². The van der Waals surface area contributed by atoms with Crippen LogP contribution >= 0.6 is 0 Å². The maximum atomic E-state index is 13.2. The summed E-state index contributed by atoms with van der Waals surface area (Å²) in [7, 11) is 0. The summed E-state index contributed by atoms with van der Waals surface area (Å²) in [6, 6.07) is 3.00. The first-order valence-corrected chi connectivity index (χ1v) is 6.21. The van der Waals surface area contributed by atoms with Gasteiger partial charge in [0.25, 0.3) is 0 Å². The highest BCUT2D eigenvalue weighted by Gasteiger charge is 2.25. The zero-order chi connectivity index (χ0) is 14.7. The lowest BCUT2D eigenvalue weighted by Crippen LogP contribution is -2.33. The van der Waals surface area contributed by atoms with E-state index in [4.69, 9.17) is 10.2 Å². The van der Waals surface area contributed by atoms with Gasteiger partial charge in [0.2, 0.25) is 0 Å². The zero-order valence-electron chi connectivity index (χ0n) is 10.7. The summed E-state index contributed by atoms with van der Waals surface area (Å²) >= 11 is 0. The monoisotopic (exact) mass is 282 g/mol. The number of benzene rings is 1. The molecular weight excluding hydrogens is 267 g/mol. The number of carboxylic acid groups (broad SMARTS) is 1. The predicted molar refractivity (Wildman–Crippen MR) is 69.1 cm³/mol. The van der Waals surface area contributed by atoms with E-state index in [1.165, 1.54) is 11.0 Å². The van der Waals surface area contributed by atoms with Crippen LogP contribution < -0.4 is 5.32 Å². The molecule has 7 heteroatoms. The quantitative estimate of drug-likeness (QED) is 0.781. The van der Waals surface area contributed by atoms with Crippen LogP contribution in [0.15, 0.2) is 18.2 Å². The fourth-order valence-corrected chi connectivity index (χ4v) is 2.14. The molecule has 2 rings (SSSR count). The van der Waals surface area contributed by atoms with E-state index in [2.05, 4.69) is 5.32 Å². The average Bonchev–Trinajstić information content (AvgIpc) is 2.89. The fourth-order valence-electron chi connectivity index (χ4n) is 2.14. The van der Waals surface area contributed by atoms with E-state index >= 15 is 0 Å². The lowest BCUT2D eigenvalue weighted by Gasteiger charge is -2.17. The smallest absolute Gasteiger partial charge is 0.338 e. The van der Waals surface area contributed by atoms with Crippen LogP contribution in [0.25, 0.3) is 0 Å². The predicted octanol–water partition coefficient (Wildman–Crippen LogP) is 1.37. The van der Waals surface area contributed by atoms with Gasteiger partial charge in [-0.05, 0) is 24.6 Å². The number of carbonyl (C=O) groups excluding carboxylic acids is 1. The molecule has 0 aliphatic carbocycles. The summed E-state index contributed by atoms with van der Waals surface area (Å²) in [5.41, 5.74) is -0.265. The van der Waals surface area contributed by atoms with E-state index in [0.29, 0.717) is 13.1 Å². The Morgan fingerprint density at radius 3 is 2.80 bits per heavy atom. The fraction of sp³-hybridized carbons (Fsp3) is 0.385. The van der Waals surface area contributed by atoms with Crippen LogP contribution in [0.4, 0.5) is 14.9 Å². The first-order chi connectivity index (χ1) is 9.51. The molecule has 6 nitrogen and oxygen atoms in total. The minimum atomic E-state index is -1.39. The van der Waals surface area contributed by atoms with Crippen molar-refractivity contribution in [2.24, 2.45) is 5.92 Å². The number of rotatable bonds is 3. The largest absolute Gasteiger partial charge is 0.478 e. The molecule has 1 aromatic rings. The highest BCUT2D eigenvalue weighted by Crippen LogP contribution is 2.19. The molecule has 1 aliphatic heterocycles. The van der Waals surface area contributed by atoms with Gasteiger partial charge in [0.1, 0.15) is 5.82 Å². The van der Waals surface area contributed by atoms with Crippen molar-refractivity contribution in [2.75, 3.05) is 25.0 Å². The van der Waals surface area contributed by atoms with Gasteiger partial charge in [-0.15, -0.1) is 0 Å². The molecule has 2 amide bonds. The minimum absolute atomic E-state index is 0.0312. The molecule has 1 aliphatic rings. The molecule has 1 aromatic carbocycles. The van der Waals surface area contributed by atoms with E-state index in [9.17, 15) is 14.0 Å². The van der Waals surface area contributed by atoms with Gasteiger partial charge < -0.3 is 20.4 Å². The number of aromatic carboxylic acids is 1. The lowest BCUT2D eigenvalue weighted by molar-refractivity contribution is 0.0692. The molecule has 0 bridgehead atoms. The number of urea groups is 1. The van der Waals surface area contributed by atoms with Gasteiger partial charge in [-0.1, -0.05) is 0 Å². The topological polar surface area (TPSA) is 89.9 Å². The van der Waals surface area contributed by atoms with Crippen molar-refractivity contribution in [1.29, 1.82) is 0 Å². The van der Waals surface area contributed by atoms with Gasteiger partial charge in [0.05, 0.1) is 5.56 Å². The molecule has 0 spiro atoms. The molecule has 20 heavy (non-hydrogen) atoms. The number of hydrogen-bond donors (Lipinski definition) is 3. The average molecular weight is 282 g/mol. The van der Waals surface area contributed by atoms with Crippen molar-refractivity contribution in [3.8, 4) is 0 Å². The number of aliphatic hydroxyl groups excluding tert-OH is 1. The standard InChI is InChI=1S/C13H15FN2O4/c14-11-2-1-9(5-10(11)12(18)19)15-13(20)16-4-3-8(6-16)7-17/h1-2,5,8,17H,3-4,6-7H2,(H,15,20)(H,18,19). The third kappa shape index (κ3) is 3.05. The summed E-state index contributed by atoms with van der Waals surface area (Å²) in [4.78, 5) is 24.3. The van der Waals surface area contributed by atoms with Crippen molar-refractivity contribution in [3.63, 3.8) is 0 Å². The highest BCUT2D eigenvalue weighted by atomic mass is 19.1. The first-order valence-electron chi connectivity index (χ1n) is 6.21. The second-order valence-corrected chi connectivity index (χ2v) is 4.71. The molecule has 1 atom stereocenters. The Hall–Kier alpha value is -2.15. The molecule has 3 N–H and O–H groups in total. The van der Waals surface area contributed by atoms with Gasteiger partial charge in [-0.25, -0.2) is 14.0 Å². The molecule has 1 unspecified atom stereocenters. The molecule has 1 heterocycles. The van der Waals surface area contributed by atoms with Crippen LogP contribution in [0.5, 0.6) is 0 Å². The van der Waals surface area contributed by atoms with Crippen molar-refractivity contribution in [2.45, 2.75) is 6.42 Å². The number of nitrogens with zero attached hydrogens (tertiary/aromatic N) is 1. The summed E-state index contributed by atoms with van der Waals surface area (Å²) in [6.45, 7) is 1.02. The Bertz CT molecular complexity index is 535. The number of likely N-dealkylation sites (tertiary alicyclic amines) is 1. The zero-order valence-corrected chi connectivity index (χ0v) is 10.7. The summed E-state index contributed by atoms with van der Waals surface area (Å²) in [5.74, 6) is -2.17. The number of halogens is 1. The van der Waals surface area contributed by atoms with E-state index in [1.54, 1.807) is 0 Å². The highest BCUT2D eigenvalue weighted by molar-refractivity contribution is 5.93. The Labute approximate surface area is 114 Å². The Morgan fingerprint density at radius 1 is 1.45 bits per heavy atom. The van der Waals surface area contributed by atoms with Crippen LogP contribution in [-0.2, 0) is 0 Å². The Kier molecular flexibility index (Phi) is 4.19.